The van der Waals surface area contributed by atoms with Crippen LogP contribution in [0.5, 0.6) is 0 Å². The zero-order chi connectivity index (χ0) is 9.14. The third-order valence-electron chi connectivity index (χ3n) is 1.58. The highest BCUT2D eigenvalue weighted by molar-refractivity contribution is 7.81. The third kappa shape index (κ3) is 1.88. The van der Waals surface area contributed by atoms with Crippen molar-refractivity contribution >= 4 is 30.5 Å². The van der Waals surface area contributed by atoms with Crippen LogP contribution in [0.1, 0.15) is 6.42 Å². The Morgan fingerprint density at radius 3 is 2.75 bits per heavy atom. The highest BCUT2D eigenvalue weighted by Crippen LogP contribution is 2.14. The summed E-state index contributed by atoms with van der Waals surface area (Å²) in [4.78, 5) is 10.8. The Balaban J connectivity index is 2.94. The van der Waals surface area contributed by atoms with Gasteiger partial charge >= 0.3 is 7.12 Å². The molecule has 1 rings (SSSR count). The largest absolute Gasteiger partial charge is 0.489 e. The number of hydrogen-bond acceptors (Lipinski definition) is 4. The molecule has 2 N–H and O–H groups in total. The monoisotopic (exact) mass is 182 g/mol. The van der Waals surface area contributed by atoms with Crippen LogP contribution in [0, 0.1) is 0 Å². The second kappa shape index (κ2) is 3.75. The van der Waals surface area contributed by atoms with Crippen molar-refractivity contribution in [2.45, 2.75) is 6.42 Å². The van der Waals surface area contributed by atoms with Crippen molar-refractivity contribution in [3.05, 3.63) is 23.2 Å². The molecule has 1 aliphatic rings. The first-order valence-electron chi connectivity index (χ1n) is 3.41. The van der Waals surface area contributed by atoms with E-state index in [1.807, 2.05) is 0 Å². The van der Waals surface area contributed by atoms with Gasteiger partial charge in [0, 0.05) is 16.9 Å². The van der Waals surface area contributed by atoms with Crippen LogP contribution < -0.4 is 0 Å². The summed E-state index contributed by atoms with van der Waals surface area (Å²) in [5.74, 6) is 0. The zero-order valence-electron chi connectivity index (χ0n) is 6.23. The van der Waals surface area contributed by atoms with E-state index in [0.29, 0.717) is 23.1 Å². The van der Waals surface area contributed by atoms with Crippen LogP contribution in [0.4, 0.5) is 0 Å². The van der Waals surface area contributed by atoms with Gasteiger partial charge in [0.25, 0.3) is 0 Å². The number of hydrogen-bond donors (Lipinski definition) is 2. The van der Waals surface area contributed by atoms with Gasteiger partial charge in [-0.2, -0.15) is 0 Å². The van der Waals surface area contributed by atoms with Crippen molar-refractivity contribution in [1.29, 1.82) is 0 Å². The Labute approximate surface area is 75.5 Å². The Hall–Kier alpha value is -0.775. The van der Waals surface area contributed by atoms with E-state index in [-0.39, 0.29) is 5.47 Å². The molecule has 0 unspecified atom stereocenters. The highest BCUT2D eigenvalue weighted by atomic mass is 32.1. The molecule has 0 saturated carbocycles. The average Bonchev–Trinajstić information content (AvgIpc) is 2.05. The van der Waals surface area contributed by atoms with Crippen LogP contribution in [0.15, 0.2) is 23.2 Å². The maximum atomic E-state index is 10.3. The predicted molar refractivity (Wildman–Crippen MR) is 49.6 cm³/mol. The summed E-state index contributed by atoms with van der Waals surface area (Å²) < 4.78 is 0. The molecule has 0 fully saturated rings. The molecule has 0 radical (unpaired) electrons. The normalized spacial score (nSPS) is 16.7. The maximum Gasteiger partial charge on any atom is 0.489 e. The maximum absolute atomic E-state index is 10.3. The minimum Gasteiger partial charge on any atom is -0.423 e. The van der Waals surface area contributed by atoms with Gasteiger partial charge < -0.3 is 10.0 Å². The van der Waals surface area contributed by atoms with E-state index in [2.05, 4.69) is 0 Å². The van der Waals surface area contributed by atoms with E-state index < -0.39 is 7.12 Å². The quantitative estimate of drug-likeness (QED) is 0.353. The number of allylic oxidation sites excluding steroid dienone is 4. The zero-order valence-corrected chi connectivity index (χ0v) is 7.04. The van der Waals surface area contributed by atoms with Crippen LogP contribution >= 0.6 is 12.2 Å². The molecule has 0 aromatic carbocycles. The summed E-state index contributed by atoms with van der Waals surface area (Å²) in [6, 6.07) is 0. The van der Waals surface area contributed by atoms with E-state index in [0.717, 1.165) is 0 Å². The van der Waals surface area contributed by atoms with E-state index in [9.17, 15) is 4.79 Å². The molecule has 62 valence electrons. The number of carbonyl (C=O) groups excluding carboxylic acids is 1. The molecule has 0 aromatic rings. The van der Waals surface area contributed by atoms with Crippen LogP contribution in [-0.2, 0) is 4.79 Å². The van der Waals surface area contributed by atoms with E-state index in [1.54, 1.807) is 6.08 Å². The number of thiocarbonyl (C=S) groups is 1. The summed E-state index contributed by atoms with van der Waals surface area (Å²) in [5.41, 5.74) is 0.682. The Morgan fingerprint density at radius 1 is 1.58 bits per heavy atom. The van der Waals surface area contributed by atoms with E-state index in [1.165, 1.54) is 6.08 Å². The Kier molecular flexibility index (Phi) is 2.91. The fourth-order valence-corrected chi connectivity index (χ4v) is 1.20. The van der Waals surface area contributed by atoms with Gasteiger partial charge in [-0.15, -0.1) is 0 Å². The molecular weight excluding hydrogens is 175 g/mol. The van der Waals surface area contributed by atoms with Crippen molar-refractivity contribution in [3.8, 4) is 0 Å². The molecule has 5 heteroatoms. The summed E-state index contributed by atoms with van der Waals surface area (Å²) in [7, 11) is -1.58. The van der Waals surface area contributed by atoms with Crippen LogP contribution in [0.3, 0.4) is 0 Å². The standard InChI is InChI=1S/C7H7BO3S/c9-4-5-1-2-7(12)6(3-5)8(10)11/h1,3-4,10-11H,2H2. The molecule has 0 spiro atoms. The van der Waals surface area contributed by atoms with Crippen LogP contribution in [0.2, 0.25) is 0 Å². The van der Waals surface area contributed by atoms with Gasteiger partial charge in [-0.05, 0) is 5.47 Å². The van der Waals surface area contributed by atoms with Gasteiger partial charge in [-0.1, -0.05) is 24.4 Å². The lowest BCUT2D eigenvalue weighted by atomic mass is 9.74. The third-order valence-corrected chi connectivity index (χ3v) is 1.98. The lowest BCUT2D eigenvalue weighted by molar-refractivity contribution is -0.104. The van der Waals surface area contributed by atoms with Gasteiger partial charge in [-0.25, -0.2) is 0 Å². The minimum atomic E-state index is -1.58. The molecule has 0 saturated heterocycles. The molecule has 12 heavy (non-hydrogen) atoms. The SMILES string of the molecule is O=CC1=CCC(=S)C(B(O)O)=C1. The molecule has 1 aliphatic carbocycles. The van der Waals surface area contributed by atoms with Gasteiger partial charge in [0.2, 0.25) is 0 Å². The summed E-state index contributed by atoms with van der Waals surface area (Å²) >= 11 is 4.86. The first-order valence-corrected chi connectivity index (χ1v) is 3.82. The number of aldehydes is 1. The molecule has 0 atom stereocenters. The average molecular weight is 182 g/mol. The van der Waals surface area contributed by atoms with Crippen molar-refractivity contribution in [1.82, 2.24) is 0 Å². The van der Waals surface area contributed by atoms with Crippen LogP contribution in [-0.4, -0.2) is 28.3 Å². The smallest absolute Gasteiger partial charge is 0.423 e. The summed E-state index contributed by atoms with van der Waals surface area (Å²) in [6.45, 7) is 0. The van der Waals surface area contributed by atoms with Crippen LogP contribution in [0.25, 0.3) is 0 Å². The summed E-state index contributed by atoms with van der Waals surface area (Å²) in [6.07, 6.45) is 4.13. The van der Waals surface area contributed by atoms with Crippen molar-refractivity contribution in [3.63, 3.8) is 0 Å². The topological polar surface area (TPSA) is 57.5 Å². The lowest BCUT2D eigenvalue weighted by Crippen LogP contribution is -2.23. The lowest BCUT2D eigenvalue weighted by Gasteiger charge is -2.10. The van der Waals surface area contributed by atoms with Gasteiger partial charge in [-0.3, -0.25) is 4.79 Å². The first-order chi connectivity index (χ1) is 5.65. The Morgan fingerprint density at radius 2 is 2.25 bits per heavy atom. The fraction of sp³-hybridized carbons (Fsp3) is 0.143. The Bertz CT molecular complexity index is 280. The molecule has 3 nitrogen and oxygen atoms in total. The molecule has 0 heterocycles. The number of rotatable bonds is 2. The number of carbonyl (C=O) groups is 1. The van der Waals surface area contributed by atoms with E-state index >= 15 is 0 Å². The van der Waals surface area contributed by atoms with Crippen molar-refractivity contribution in [2.75, 3.05) is 0 Å². The predicted octanol–water partition coefficient (Wildman–Crippen LogP) is -0.176. The fourth-order valence-electron chi connectivity index (χ4n) is 0.948. The second-order valence-corrected chi connectivity index (χ2v) is 2.92. The minimum absolute atomic E-state index is 0.245. The highest BCUT2D eigenvalue weighted by Gasteiger charge is 2.21. The first kappa shape index (κ1) is 9.31. The van der Waals surface area contributed by atoms with Gasteiger partial charge in [0.1, 0.15) is 6.29 Å². The summed E-state index contributed by atoms with van der Waals surface area (Å²) in [5, 5.41) is 17.6. The molecule has 0 aliphatic heterocycles. The molecule has 0 aromatic heterocycles. The second-order valence-electron chi connectivity index (χ2n) is 2.42. The molecule has 0 amide bonds. The van der Waals surface area contributed by atoms with E-state index in [4.69, 9.17) is 22.3 Å². The van der Waals surface area contributed by atoms with Gasteiger partial charge in [0.05, 0.1) is 0 Å². The van der Waals surface area contributed by atoms with Crippen molar-refractivity contribution < 1.29 is 14.8 Å². The molecular formula is C7H7BO3S. The van der Waals surface area contributed by atoms with Crippen molar-refractivity contribution in [2.24, 2.45) is 0 Å². The molecule has 0 bridgehead atoms. The van der Waals surface area contributed by atoms with Gasteiger partial charge in [0.15, 0.2) is 0 Å².